The van der Waals surface area contributed by atoms with Gasteiger partial charge in [-0.2, -0.15) is 17.5 Å². The molecule has 3 rings (SSSR count). The summed E-state index contributed by atoms with van der Waals surface area (Å²) in [4.78, 5) is 15.7. The van der Waals surface area contributed by atoms with Crippen LogP contribution in [0, 0.1) is 5.92 Å². The second kappa shape index (κ2) is 8.40. The topological polar surface area (TPSA) is 99.6 Å². The quantitative estimate of drug-likeness (QED) is 0.723. The number of nitrogens with zero attached hydrogens (tertiary/aromatic N) is 2. The second-order valence-corrected chi connectivity index (χ2v) is 9.02. The molecule has 7 nitrogen and oxygen atoms in total. The molecule has 0 aliphatic carbocycles. The summed E-state index contributed by atoms with van der Waals surface area (Å²) in [6.45, 7) is -0.0861. The van der Waals surface area contributed by atoms with Crippen molar-refractivity contribution in [1.29, 1.82) is 0 Å². The van der Waals surface area contributed by atoms with Gasteiger partial charge in [0.05, 0.1) is 15.5 Å². The van der Waals surface area contributed by atoms with Crippen LogP contribution in [0.4, 0.5) is 19.0 Å². The maximum atomic E-state index is 13.0. The number of hydrogen-bond donors (Lipinski definition) is 2. The van der Waals surface area contributed by atoms with Gasteiger partial charge >= 0.3 is 6.18 Å². The highest BCUT2D eigenvalue weighted by atomic mass is 35.5. The van der Waals surface area contributed by atoms with Crippen molar-refractivity contribution in [2.75, 3.05) is 18.4 Å². The minimum Gasteiger partial charge on any atom is -0.504 e. The summed E-state index contributed by atoms with van der Waals surface area (Å²) in [6.07, 6.45) is -3.06. The van der Waals surface area contributed by atoms with Crippen molar-refractivity contribution in [1.82, 2.24) is 9.29 Å². The Bertz CT molecular complexity index is 1050. The van der Waals surface area contributed by atoms with Crippen molar-refractivity contribution in [3.63, 3.8) is 0 Å². The number of aromatic nitrogens is 1. The third-order valence-electron chi connectivity index (χ3n) is 4.73. The molecule has 30 heavy (non-hydrogen) atoms. The van der Waals surface area contributed by atoms with E-state index in [0.717, 1.165) is 16.4 Å². The highest BCUT2D eigenvalue weighted by molar-refractivity contribution is 7.89. The fraction of sp³-hybridized carbons (Fsp3) is 0.333. The first-order valence-corrected chi connectivity index (χ1v) is 10.6. The van der Waals surface area contributed by atoms with E-state index in [1.165, 1.54) is 18.3 Å². The first-order valence-electron chi connectivity index (χ1n) is 8.82. The van der Waals surface area contributed by atoms with Gasteiger partial charge in [-0.05, 0) is 43.2 Å². The molecule has 2 aromatic rings. The van der Waals surface area contributed by atoms with Gasteiger partial charge in [0, 0.05) is 25.2 Å². The van der Waals surface area contributed by atoms with Crippen LogP contribution in [0.5, 0.6) is 5.75 Å². The summed E-state index contributed by atoms with van der Waals surface area (Å²) >= 11 is 5.55. The molecule has 0 bridgehead atoms. The van der Waals surface area contributed by atoms with Crippen LogP contribution in [0.25, 0.3) is 0 Å². The SMILES string of the molecule is O=C(Nc1ncccc1O)C1CCN(S(=O)(=O)c2ccc(Cl)c(C(F)(F)F)c2)CC1. The smallest absolute Gasteiger partial charge is 0.417 e. The van der Waals surface area contributed by atoms with Crippen LogP contribution in [0.2, 0.25) is 5.02 Å². The second-order valence-electron chi connectivity index (χ2n) is 6.68. The third kappa shape index (κ3) is 4.68. The Morgan fingerprint density at radius 2 is 1.90 bits per heavy atom. The summed E-state index contributed by atoms with van der Waals surface area (Å²) < 4.78 is 65.7. The fourth-order valence-corrected chi connectivity index (χ4v) is 4.82. The minimum atomic E-state index is -4.79. The Kier molecular flexibility index (Phi) is 6.25. The van der Waals surface area contributed by atoms with Crippen molar-refractivity contribution in [2.45, 2.75) is 23.9 Å². The maximum Gasteiger partial charge on any atom is 0.417 e. The lowest BCUT2D eigenvalue weighted by molar-refractivity contribution is -0.137. The number of pyridine rings is 1. The number of piperidine rings is 1. The van der Waals surface area contributed by atoms with Crippen LogP contribution in [0.15, 0.2) is 41.4 Å². The summed E-state index contributed by atoms with van der Waals surface area (Å²) in [5.74, 6) is -1.16. The highest BCUT2D eigenvalue weighted by Gasteiger charge is 2.37. The van der Waals surface area contributed by atoms with E-state index < -0.39 is 43.5 Å². The summed E-state index contributed by atoms with van der Waals surface area (Å²) in [5, 5.41) is 11.6. The molecule has 1 amide bonds. The van der Waals surface area contributed by atoms with Gasteiger partial charge in [-0.1, -0.05) is 11.6 Å². The van der Waals surface area contributed by atoms with Gasteiger partial charge in [-0.3, -0.25) is 4.79 Å². The Morgan fingerprint density at radius 1 is 1.23 bits per heavy atom. The van der Waals surface area contributed by atoms with E-state index in [0.29, 0.717) is 6.07 Å². The lowest BCUT2D eigenvalue weighted by Gasteiger charge is -2.30. The Morgan fingerprint density at radius 3 is 2.50 bits per heavy atom. The predicted molar refractivity (Wildman–Crippen MR) is 102 cm³/mol. The number of amides is 1. The molecule has 0 saturated carbocycles. The number of carbonyl (C=O) groups excluding carboxylic acids is 1. The molecular formula is C18H17ClF3N3O4S. The molecule has 1 aromatic heterocycles. The monoisotopic (exact) mass is 463 g/mol. The summed E-state index contributed by atoms with van der Waals surface area (Å²) in [5.41, 5.74) is -1.23. The van der Waals surface area contributed by atoms with Crippen molar-refractivity contribution in [3.05, 3.63) is 47.1 Å². The number of nitrogens with one attached hydrogen (secondary N) is 1. The number of sulfonamides is 1. The molecule has 2 heterocycles. The molecule has 12 heteroatoms. The number of anilines is 1. The largest absolute Gasteiger partial charge is 0.504 e. The van der Waals surface area contributed by atoms with Gasteiger partial charge in [0.1, 0.15) is 0 Å². The van der Waals surface area contributed by atoms with Crippen LogP contribution in [0.1, 0.15) is 18.4 Å². The Balaban J connectivity index is 1.70. The third-order valence-corrected chi connectivity index (χ3v) is 6.96. The fourth-order valence-electron chi connectivity index (χ4n) is 3.10. The molecule has 2 N–H and O–H groups in total. The molecule has 1 aliphatic rings. The standard InChI is InChI=1S/C18H17ClF3N3O4S/c19-14-4-3-12(10-13(14)18(20,21)22)30(28,29)25-8-5-11(6-9-25)17(27)24-16-15(26)2-1-7-23-16/h1-4,7,10-11,26H,5-6,8-9H2,(H,23,24,27). The van der Waals surface area contributed by atoms with Crippen molar-refractivity contribution >= 4 is 33.3 Å². The number of hydrogen-bond acceptors (Lipinski definition) is 5. The van der Waals surface area contributed by atoms with Crippen molar-refractivity contribution in [3.8, 4) is 5.75 Å². The van der Waals surface area contributed by atoms with Crippen LogP contribution in [0.3, 0.4) is 0 Å². The molecule has 162 valence electrons. The van der Waals surface area contributed by atoms with Gasteiger partial charge in [0.2, 0.25) is 15.9 Å². The van der Waals surface area contributed by atoms with Gasteiger partial charge < -0.3 is 10.4 Å². The highest BCUT2D eigenvalue weighted by Crippen LogP contribution is 2.37. The van der Waals surface area contributed by atoms with Gasteiger partial charge in [0.25, 0.3) is 0 Å². The molecule has 1 saturated heterocycles. The molecule has 0 atom stereocenters. The van der Waals surface area contributed by atoms with Crippen LogP contribution >= 0.6 is 11.6 Å². The Hall–Kier alpha value is -2.37. The van der Waals surface area contributed by atoms with Crippen LogP contribution in [-0.4, -0.2) is 41.8 Å². The van der Waals surface area contributed by atoms with E-state index in [4.69, 9.17) is 11.6 Å². The number of halogens is 4. The van der Waals surface area contributed by atoms with E-state index in [9.17, 15) is 31.5 Å². The lowest BCUT2D eigenvalue weighted by atomic mass is 9.97. The molecule has 0 spiro atoms. The maximum absolute atomic E-state index is 13.0. The average Bonchev–Trinajstić information content (AvgIpc) is 2.69. The van der Waals surface area contributed by atoms with Gasteiger partial charge in [-0.15, -0.1) is 0 Å². The lowest BCUT2D eigenvalue weighted by Crippen LogP contribution is -2.41. The van der Waals surface area contributed by atoms with Gasteiger partial charge in [0.15, 0.2) is 11.6 Å². The zero-order chi connectivity index (χ0) is 22.1. The van der Waals surface area contributed by atoms with E-state index in [1.807, 2.05) is 0 Å². The van der Waals surface area contributed by atoms with E-state index in [2.05, 4.69) is 10.3 Å². The Labute approximate surface area is 175 Å². The van der Waals surface area contributed by atoms with E-state index in [-0.39, 0.29) is 37.5 Å². The number of alkyl halides is 3. The number of benzene rings is 1. The normalized spacial score (nSPS) is 16.4. The minimum absolute atomic E-state index is 0.00149. The molecule has 0 radical (unpaired) electrons. The number of aromatic hydroxyl groups is 1. The summed E-state index contributed by atoms with van der Waals surface area (Å²) in [6, 6.07) is 5.29. The zero-order valence-electron chi connectivity index (χ0n) is 15.4. The van der Waals surface area contributed by atoms with Crippen molar-refractivity contribution < 1.29 is 31.5 Å². The molecule has 1 aliphatic heterocycles. The first-order chi connectivity index (χ1) is 14.0. The number of carbonyl (C=O) groups is 1. The van der Waals surface area contributed by atoms with E-state index >= 15 is 0 Å². The predicted octanol–water partition coefficient (Wildman–Crippen LogP) is 3.50. The van der Waals surface area contributed by atoms with Crippen molar-refractivity contribution in [2.24, 2.45) is 5.92 Å². The van der Waals surface area contributed by atoms with Gasteiger partial charge in [-0.25, -0.2) is 13.4 Å². The first kappa shape index (κ1) is 22.3. The van der Waals surface area contributed by atoms with E-state index in [1.54, 1.807) is 0 Å². The van der Waals surface area contributed by atoms with Crippen LogP contribution in [-0.2, 0) is 21.0 Å². The molecule has 1 fully saturated rings. The number of rotatable bonds is 4. The molecule has 1 aromatic carbocycles. The molecular weight excluding hydrogens is 447 g/mol. The average molecular weight is 464 g/mol. The summed E-state index contributed by atoms with van der Waals surface area (Å²) in [7, 11) is -4.19. The van der Waals surface area contributed by atoms with Crippen LogP contribution < -0.4 is 5.32 Å². The molecule has 0 unspecified atom stereocenters. The zero-order valence-corrected chi connectivity index (χ0v) is 16.9.